The maximum Gasteiger partial charge on any atom is 0.260 e. The molecule has 2 aromatic carbocycles. The van der Waals surface area contributed by atoms with Crippen LogP contribution in [0, 0.1) is 6.92 Å². The molecule has 27 heavy (non-hydrogen) atoms. The van der Waals surface area contributed by atoms with Crippen LogP contribution in [0.3, 0.4) is 0 Å². The Balaban J connectivity index is 2.02. The molecule has 1 amide bonds. The number of thiazole rings is 1. The highest BCUT2D eigenvalue weighted by Crippen LogP contribution is 2.33. The Morgan fingerprint density at radius 2 is 2.00 bits per heavy atom. The van der Waals surface area contributed by atoms with E-state index in [0.717, 1.165) is 27.2 Å². The van der Waals surface area contributed by atoms with Crippen LogP contribution in [0.5, 0.6) is 0 Å². The van der Waals surface area contributed by atoms with E-state index >= 15 is 0 Å². The first-order valence-electron chi connectivity index (χ1n) is 8.56. The summed E-state index contributed by atoms with van der Waals surface area (Å²) < 4.78 is 0.996. The summed E-state index contributed by atoms with van der Waals surface area (Å²) in [4.78, 5) is 23.0. The van der Waals surface area contributed by atoms with Crippen molar-refractivity contribution in [2.75, 3.05) is 38.3 Å². The van der Waals surface area contributed by atoms with Crippen LogP contribution in [0.15, 0.2) is 41.3 Å². The number of amides is 1. The molecule has 0 radical (unpaired) electrons. The average Bonchev–Trinajstić information content (AvgIpc) is 3.05. The number of aryl methyl sites for hydroxylation is 1. The molecule has 0 aliphatic rings. The van der Waals surface area contributed by atoms with Crippen LogP contribution in [-0.4, -0.2) is 49.2 Å². The van der Waals surface area contributed by atoms with Gasteiger partial charge in [-0.2, -0.15) is 0 Å². The van der Waals surface area contributed by atoms with E-state index in [9.17, 15) is 4.79 Å². The number of likely N-dealkylation sites (N-methyl/N-ethyl adjacent to an activating group) is 1. The zero-order valence-electron chi connectivity index (χ0n) is 15.8. The van der Waals surface area contributed by atoms with Crippen molar-refractivity contribution in [2.45, 2.75) is 11.8 Å². The lowest BCUT2D eigenvalue weighted by molar-refractivity contribution is 0.0985. The Hall–Kier alpha value is -1.60. The largest absolute Gasteiger partial charge is 0.308 e. The molecule has 0 aliphatic carbocycles. The quantitative estimate of drug-likeness (QED) is 0.515. The third kappa shape index (κ3) is 4.63. The molecule has 0 saturated heterocycles. The first-order chi connectivity index (χ1) is 12.9. The Kier molecular flexibility index (Phi) is 6.42. The lowest BCUT2D eigenvalue weighted by Gasteiger charge is -2.22. The molecule has 0 fully saturated rings. The van der Waals surface area contributed by atoms with Crippen molar-refractivity contribution in [1.82, 2.24) is 9.88 Å². The van der Waals surface area contributed by atoms with E-state index in [1.165, 1.54) is 11.3 Å². The van der Waals surface area contributed by atoms with Crippen LogP contribution in [-0.2, 0) is 0 Å². The molecule has 7 heteroatoms. The molecule has 0 unspecified atom stereocenters. The van der Waals surface area contributed by atoms with Gasteiger partial charge in [0.2, 0.25) is 0 Å². The van der Waals surface area contributed by atoms with Gasteiger partial charge in [-0.1, -0.05) is 29.0 Å². The van der Waals surface area contributed by atoms with Gasteiger partial charge >= 0.3 is 0 Å². The Bertz CT molecular complexity index is 971. The molecule has 142 valence electrons. The predicted octanol–water partition coefficient (Wildman–Crippen LogP) is 5.19. The van der Waals surface area contributed by atoms with Crippen LogP contribution in [0.2, 0.25) is 5.02 Å². The fraction of sp³-hybridized carbons (Fsp3) is 0.300. The number of aromatic nitrogens is 1. The van der Waals surface area contributed by atoms with Gasteiger partial charge in [0, 0.05) is 28.6 Å². The zero-order chi connectivity index (χ0) is 19.6. The molecular formula is C20H22ClN3OS2. The highest BCUT2D eigenvalue weighted by molar-refractivity contribution is 7.98. The highest BCUT2D eigenvalue weighted by Gasteiger charge is 2.22. The van der Waals surface area contributed by atoms with E-state index in [0.29, 0.717) is 22.3 Å². The van der Waals surface area contributed by atoms with Crippen LogP contribution >= 0.6 is 34.7 Å². The molecule has 0 spiro atoms. The van der Waals surface area contributed by atoms with E-state index in [1.807, 2.05) is 63.7 Å². The summed E-state index contributed by atoms with van der Waals surface area (Å²) in [6.07, 6.45) is 2.01. The number of halogens is 1. The second kappa shape index (κ2) is 8.61. The SMILES string of the molecule is CSc1cccc(C(=O)N(CCN(C)C)c2nc3c(C)cc(Cl)cc3s2)c1. The average molecular weight is 420 g/mol. The summed E-state index contributed by atoms with van der Waals surface area (Å²) in [5, 5.41) is 1.39. The van der Waals surface area contributed by atoms with Crippen molar-refractivity contribution < 1.29 is 4.79 Å². The highest BCUT2D eigenvalue weighted by atomic mass is 35.5. The summed E-state index contributed by atoms with van der Waals surface area (Å²) in [7, 11) is 4.00. The number of carbonyl (C=O) groups excluding carboxylic acids is 1. The summed E-state index contributed by atoms with van der Waals surface area (Å²) in [6, 6.07) is 11.5. The van der Waals surface area contributed by atoms with Crippen LogP contribution in [0.1, 0.15) is 15.9 Å². The fourth-order valence-corrected chi connectivity index (χ4v) is 4.66. The second-order valence-corrected chi connectivity index (χ2v) is 8.88. The predicted molar refractivity (Wildman–Crippen MR) is 118 cm³/mol. The number of hydrogen-bond donors (Lipinski definition) is 0. The maximum absolute atomic E-state index is 13.3. The van der Waals surface area contributed by atoms with E-state index in [1.54, 1.807) is 16.7 Å². The monoisotopic (exact) mass is 419 g/mol. The number of fused-ring (bicyclic) bond motifs is 1. The summed E-state index contributed by atoms with van der Waals surface area (Å²) in [5.41, 5.74) is 2.60. The lowest BCUT2D eigenvalue weighted by atomic mass is 10.2. The van der Waals surface area contributed by atoms with Crippen LogP contribution in [0.25, 0.3) is 10.2 Å². The Labute approximate surface area is 173 Å². The topological polar surface area (TPSA) is 36.4 Å². The van der Waals surface area contributed by atoms with E-state index < -0.39 is 0 Å². The number of rotatable bonds is 6. The van der Waals surface area contributed by atoms with Gasteiger partial charge in [0.25, 0.3) is 5.91 Å². The molecule has 4 nitrogen and oxygen atoms in total. The van der Waals surface area contributed by atoms with E-state index in [-0.39, 0.29) is 5.91 Å². The van der Waals surface area contributed by atoms with Crippen molar-refractivity contribution in [3.63, 3.8) is 0 Å². The summed E-state index contributed by atoms with van der Waals surface area (Å²) in [6.45, 7) is 3.32. The molecule has 0 bridgehead atoms. The van der Waals surface area contributed by atoms with Gasteiger partial charge in [-0.05, 0) is 63.2 Å². The minimum Gasteiger partial charge on any atom is -0.308 e. The van der Waals surface area contributed by atoms with E-state index in [2.05, 4.69) is 4.90 Å². The number of thioether (sulfide) groups is 1. The first kappa shape index (κ1) is 20.1. The fourth-order valence-electron chi connectivity index (χ4n) is 2.75. The lowest BCUT2D eigenvalue weighted by Crippen LogP contribution is -2.36. The van der Waals surface area contributed by atoms with Crippen molar-refractivity contribution in [1.29, 1.82) is 0 Å². The van der Waals surface area contributed by atoms with Gasteiger partial charge in [-0.3, -0.25) is 9.69 Å². The number of benzene rings is 2. The molecule has 0 aliphatic heterocycles. The molecule has 0 saturated carbocycles. The molecule has 1 heterocycles. The van der Waals surface area contributed by atoms with E-state index in [4.69, 9.17) is 16.6 Å². The van der Waals surface area contributed by atoms with Gasteiger partial charge in [0.05, 0.1) is 10.2 Å². The molecule has 3 aromatic rings. The minimum atomic E-state index is -0.0319. The van der Waals surface area contributed by atoms with Crippen LogP contribution in [0.4, 0.5) is 5.13 Å². The second-order valence-electron chi connectivity index (χ2n) is 6.56. The van der Waals surface area contributed by atoms with Crippen molar-refractivity contribution in [2.24, 2.45) is 0 Å². The molecule has 0 N–H and O–H groups in total. The Morgan fingerprint density at radius 1 is 1.22 bits per heavy atom. The third-order valence-electron chi connectivity index (χ3n) is 4.20. The van der Waals surface area contributed by atoms with Gasteiger partial charge in [-0.15, -0.1) is 11.8 Å². The number of anilines is 1. The standard InChI is InChI=1S/C20H22ClN3OS2/c1-13-10-15(21)12-17-18(13)22-20(27-17)24(9-8-23(2)3)19(25)14-6-5-7-16(11-14)26-4/h5-7,10-12H,8-9H2,1-4H3. The third-order valence-corrected chi connectivity index (χ3v) is 6.17. The van der Waals surface area contributed by atoms with Crippen molar-refractivity contribution in [3.05, 3.63) is 52.5 Å². The molecule has 3 rings (SSSR count). The van der Waals surface area contributed by atoms with Crippen molar-refractivity contribution in [3.8, 4) is 0 Å². The zero-order valence-corrected chi connectivity index (χ0v) is 18.2. The Morgan fingerprint density at radius 3 is 2.70 bits per heavy atom. The van der Waals surface area contributed by atoms with Gasteiger partial charge < -0.3 is 4.90 Å². The molecule has 0 atom stereocenters. The number of nitrogens with zero attached hydrogens (tertiary/aromatic N) is 3. The smallest absolute Gasteiger partial charge is 0.260 e. The molecular weight excluding hydrogens is 398 g/mol. The minimum absolute atomic E-state index is 0.0319. The summed E-state index contributed by atoms with van der Waals surface area (Å²) >= 11 is 9.33. The van der Waals surface area contributed by atoms with Gasteiger partial charge in [0.1, 0.15) is 0 Å². The van der Waals surface area contributed by atoms with Gasteiger partial charge in [-0.25, -0.2) is 4.98 Å². The molecule has 1 aromatic heterocycles. The maximum atomic E-state index is 13.3. The summed E-state index contributed by atoms with van der Waals surface area (Å²) in [5.74, 6) is -0.0319. The number of carbonyl (C=O) groups is 1. The van der Waals surface area contributed by atoms with Crippen LogP contribution < -0.4 is 4.90 Å². The van der Waals surface area contributed by atoms with Crippen molar-refractivity contribution >= 4 is 56.0 Å². The van der Waals surface area contributed by atoms with Gasteiger partial charge in [0.15, 0.2) is 5.13 Å². The number of hydrogen-bond acceptors (Lipinski definition) is 5. The normalized spacial score (nSPS) is 11.3. The first-order valence-corrected chi connectivity index (χ1v) is 11.0.